The Kier molecular flexibility index (Phi) is 7.43. The molecule has 1 atom stereocenters. The summed E-state index contributed by atoms with van der Waals surface area (Å²) < 4.78 is 6.73. The number of aromatic nitrogens is 5. The fourth-order valence-electron chi connectivity index (χ4n) is 3.81. The van der Waals surface area contributed by atoms with E-state index in [2.05, 4.69) is 31.3 Å². The highest BCUT2D eigenvalue weighted by Gasteiger charge is 2.23. The second kappa shape index (κ2) is 11.2. The zero-order chi connectivity index (χ0) is 26.5. The van der Waals surface area contributed by atoms with Crippen LogP contribution < -0.4 is 10.6 Å². The third-order valence-corrected chi connectivity index (χ3v) is 6.14. The van der Waals surface area contributed by atoms with Gasteiger partial charge in [-0.3, -0.25) is 9.59 Å². The van der Waals surface area contributed by atoms with E-state index in [1.165, 1.54) is 17.1 Å². The molecule has 0 bridgehead atoms. The van der Waals surface area contributed by atoms with E-state index in [1.54, 1.807) is 42.5 Å². The summed E-state index contributed by atoms with van der Waals surface area (Å²) in [4.78, 5) is 26.3. The number of para-hydroxylation sites is 1. The van der Waals surface area contributed by atoms with Crippen molar-refractivity contribution < 1.29 is 14.1 Å². The van der Waals surface area contributed by atoms with Gasteiger partial charge in [-0.15, -0.1) is 5.10 Å². The van der Waals surface area contributed by atoms with Crippen molar-refractivity contribution in [2.45, 2.75) is 12.5 Å². The van der Waals surface area contributed by atoms with Crippen LogP contribution in [0.3, 0.4) is 0 Å². The maximum Gasteiger partial charge on any atom is 0.248 e. The summed E-state index contributed by atoms with van der Waals surface area (Å²) in [5.74, 6) is -0.750. The summed E-state index contributed by atoms with van der Waals surface area (Å²) in [5, 5.41) is 22.0. The van der Waals surface area contributed by atoms with Crippen molar-refractivity contribution in [2.75, 3.05) is 5.32 Å². The number of tetrazole rings is 1. The number of nitrogens with one attached hydrogen (secondary N) is 2. The lowest BCUT2D eigenvalue weighted by Crippen LogP contribution is -2.44. The van der Waals surface area contributed by atoms with Gasteiger partial charge >= 0.3 is 0 Å². The fraction of sp³-hybridized carbons (Fsp3) is 0.0769. The summed E-state index contributed by atoms with van der Waals surface area (Å²) in [6, 6.07) is 18.6. The molecule has 0 aliphatic rings. The minimum absolute atomic E-state index is 0.209. The lowest BCUT2D eigenvalue weighted by molar-refractivity contribution is -0.123. The molecule has 2 N–H and O–H groups in total. The number of nitrogens with zero attached hydrogens (tertiary/aromatic N) is 5. The van der Waals surface area contributed by atoms with E-state index in [-0.39, 0.29) is 12.2 Å². The summed E-state index contributed by atoms with van der Waals surface area (Å²) in [7, 11) is 0. The van der Waals surface area contributed by atoms with Gasteiger partial charge in [0.1, 0.15) is 12.4 Å². The molecular weight excluding hydrogens is 529 g/mol. The Balaban J connectivity index is 1.37. The monoisotopic (exact) mass is 547 g/mol. The van der Waals surface area contributed by atoms with Crippen LogP contribution in [-0.2, 0) is 16.0 Å². The second-order valence-electron chi connectivity index (χ2n) is 8.18. The van der Waals surface area contributed by atoms with Gasteiger partial charge in [-0.2, -0.15) is 4.68 Å². The van der Waals surface area contributed by atoms with E-state index in [0.717, 1.165) is 5.56 Å². The van der Waals surface area contributed by atoms with Crippen LogP contribution >= 0.6 is 23.2 Å². The number of amides is 2. The van der Waals surface area contributed by atoms with Crippen LogP contribution in [0.5, 0.6) is 0 Å². The molecule has 5 aromatic rings. The van der Waals surface area contributed by atoms with E-state index in [0.29, 0.717) is 32.3 Å². The van der Waals surface area contributed by atoms with Crippen LogP contribution in [0.25, 0.3) is 22.7 Å². The number of carbonyl (C=O) groups is 2. The van der Waals surface area contributed by atoms with Gasteiger partial charge in [0, 0.05) is 23.1 Å². The third kappa shape index (κ3) is 5.72. The third-order valence-electron chi connectivity index (χ3n) is 5.61. The van der Waals surface area contributed by atoms with E-state index < -0.39 is 17.9 Å². The van der Waals surface area contributed by atoms with Crippen molar-refractivity contribution in [2.24, 2.45) is 0 Å². The molecular formula is C26H19Cl2N7O3. The Labute approximate surface area is 226 Å². The minimum Gasteiger partial charge on any atom is -0.352 e. The Bertz CT molecular complexity index is 1620. The number of hydrogen-bond donors (Lipinski definition) is 2. The minimum atomic E-state index is -0.918. The van der Waals surface area contributed by atoms with Crippen molar-refractivity contribution in [3.05, 3.63) is 100 Å². The smallest absolute Gasteiger partial charge is 0.248 e. The number of hydrogen-bond acceptors (Lipinski definition) is 7. The molecule has 0 saturated heterocycles. The molecule has 5 rings (SSSR count). The number of fused-ring (bicyclic) bond motifs is 1. The predicted molar refractivity (Wildman–Crippen MR) is 143 cm³/mol. The Morgan fingerprint density at radius 2 is 1.89 bits per heavy atom. The van der Waals surface area contributed by atoms with Gasteiger partial charge in [0.25, 0.3) is 0 Å². The lowest BCUT2D eigenvalue weighted by Gasteiger charge is -2.17. The number of halogens is 2. The molecule has 0 saturated carbocycles. The van der Waals surface area contributed by atoms with Crippen LogP contribution in [0.1, 0.15) is 11.1 Å². The highest BCUT2D eigenvalue weighted by atomic mass is 35.5. The largest absolute Gasteiger partial charge is 0.352 e. The summed E-state index contributed by atoms with van der Waals surface area (Å²) in [6.07, 6.45) is 4.57. The van der Waals surface area contributed by atoms with Crippen molar-refractivity contribution in [1.82, 2.24) is 30.7 Å². The molecule has 0 spiro atoms. The Morgan fingerprint density at radius 1 is 1.05 bits per heavy atom. The molecule has 0 unspecified atom stereocenters. The van der Waals surface area contributed by atoms with E-state index >= 15 is 0 Å². The topological polar surface area (TPSA) is 128 Å². The van der Waals surface area contributed by atoms with Gasteiger partial charge in [0.15, 0.2) is 11.4 Å². The second-order valence-corrected chi connectivity index (χ2v) is 9.02. The van der Waals surface area contributed by atoms with Gasteiger partial charge in [-0.1, -0.05) is 64.8 Å². The molecule has 0 aliphatic heterocycles. The molecule has 12 heteroatoms. The standard InChI is InChI=1S/C26H19Cl2N7O3/c27-18-10-11-22(35-15-29-33-34-35)17(14-18)9-12-23(36)30-21(13-16-5-2-1-3-6-16)26(37)31-25-19-7-4-8-20(28)24(19)38-32-25/h1-12,14-15,21H,13H2,(H,30,36)(H,31,32,37)/t21-/m0/s1. The number of benzene rings is 3. The Hall–Kier alpha value is -4.54. The molecule has 10 nitrogen and oxygen atoms in total. The first-order chi connectivity index (χ1) is 18.5. The number of rotatable bonds is 8. The first-order valence-corrected chi connectivity index (χ1v) is 12.1. The van der Waals surface area contributed by atoms with Crippen LogP contribution in [0.4, 0.5) is 5.82 Å². The molecule has 38 heavy (non-hydrogen) atoms. The predicted octanol–water partition coefficient (Wildman–Crippen LogP) is 4.49. The van der Waals surface area contributed by atoms with E-state index in [9.17, 15) is 9.59 Å². The average molecular weight is 548 g/mol. The normalized spacial score (nSPS) is 12.1. The van der Waals surface area contributed by atoms with Gasteiger partial charge in [-0.25, -0.2) is 0 Å². The maximum atomic E-state index is 13.3. The van der Waals surface area contributed by atoms with Crippen LogP contribution in [0, 0.1) is 0 Å². The number of carbonyl (C=O) groups excluding carboxylic acids is 2. The molecule has 190 valence electrons. The van der Waals surface area contributed by atoms with E-state index in [4.69, 9.17) is 27.7 Å². The first kappa shape index (κ1) is 25.1. The zero-order valence-electron chi connectivity index (χ0n) is 19.6. The van der Waals surface area contributed by atoms with Gasteiger partial charge < -0.3 is 15.2 Å². The summed E-state index contributed by atoms with van der Waals surface area (Å²) >= 11 is 12.3. The summed E-state index contributed by atoms with van der Waals surface area (Å²) in [6.45, 7) is 0. The molecule has 3 aromatic carbocycles. The maximum absolute atomic E-state index is 13.3. The van der Waals surface area contributed by atoms with Crippen molar-refractivity contribution >= 4 is 57.9 Å². The zero-order valence-corrected chi connectivity index (χ0v) is 21.1. The molecule has 0 fully saturated rings. The van der Waals surface area contributed by atoms with E-state index in [1.807, 2.05) is 30.3 Å². The molecule has 2 aromatic heterocycles. The molecule has 2 heterocycles. The first-order valence-electron chi connectivity index (χ1n) is 11.4. The fourth-order valence-corrected chi connectivity index (χ4v) is 4.20. The SMILES string of the molecule is O=C(C=Cc1cc(Cl)ccc1-n1cnnn1)N[C@@H](Cc1ccccc1)C(=O)Nc1noc2c(Cl)cccc12. The van der Waals surface area contributed by atoms with Crippen molar-refractivity contribution in [1.29, 1.82) is 0 Å². The highest BCUT2D eigenvalue weighted by molar-refractivity contribution is 6.35. The average Bonchev–Trinajstić information content (AvgIpc) is 3.59. The van der Waals surface area contributed by atoms with Crippen LogP contribution in [-0.4, -0.2) is 43.2 Å². The molecule has 0 aliphatic carbocycles. The van der Waals surface area contributed by atoms with Crippen LogP contribution in [0.15, 0.2) is 83.7 Å². The molecule has 2 amide bonds. The van der Waals surface area contributed by atoms with Crippen molar-refractivity contribution in [3.8, 4) is 5.69 Å². The summed E-state index contributed by atoms with van der Waals surface area (Å²) in [5.41, 5.74) is 2.45. The van der Waals surface area contributed by atoms with Gasteiger partial charge in [0.05, 0.1) is 16.1 Å². The van der Waals surface area contributed by atoms with Crippen LogP contribution in [0.2, 0.25) is 10.0 Å². The van der Waals surface area contributed by atoms with Crippen molar-refractivity contribution in [3.63, 3.8) is 0 Å². The van der Waals surface area contributed by atoms with Gasteiger partial charge in [-0.05, 0) is 52.4 Å². The number of anilines is 1. The lowest BCUT2D eigenvalue weighted by atomic mass is 10.0. The Morgan fingerprint density at radius 3 is 2.68 bits per heavy atom. The molecule has 0 radical (unpaired) electrons. The highest BCUT2D eigenvalue weighted by Crippen LogP contribution is 2.28. The quantitative estimate of drug-likeness (QED) is 0.274. The van der Waals surface area contributed by atoms with Gasteiger partial charge in [0.2, 0.25) is 11.8 Å².